The van der Waals surface area contributed by atoms with Crippen molar-refractivity contribution in [2.24, 2.45) is 0 Å². The van der Waals surface area contributed by atoms with Gasteiger partial charge in [0.05, 0.1) is 5.56 Å². The summed E-state index contributed by atoms with van der Waals surface area (Å²) in [5.41, 5.74) is 1.27. The highest BCUT2D eigenvalue weighted by Crippen LogP contribution is 2.15. The maximum atomic E-state index is 9.52. The van der Waals surface area contributed by atoms with E-state index >= 15 is 0 Å². The smallest absolute Gasteiger partial charge is 0.245 e. The number of rotatable bonds is 2. The number of para-hydroxylation sites is 3. The first-order valence-corrected chi connectivity index (χ1v) is 4.93. The number of benzene rings is 2. The molecule has 3 N–H and O–H groups in total. The largest absolute Gasteiger partial charge is 1.00 e. The molecule has 0 aliphatic rings. The van der Waals surface area contributed by atoms with Crippen molar-refractivity contribution in [3.05, 3.63) is 54.1 Å². The summed E-state index contributed by atoms with van der Waals surface area (Å²) in [6.07, 6.45) is 1.64. The first-order chi connectivity index (χ1) is 7.77. The van der Waals surface area contributed by atoms with Crippen molar-refractivity contribution < 1.29 is 27.6 Å². The SMILES string of the molecule is Oc1ccccc1C=[NH+]c1ccccc1O.[Cl-]. The van der Waals surface area contributed by atoms with Crippen LogP contribution in [-0.4, -0.2) is 16.4 Å². The molecule has 0 aliphatic heterocycles. The number of hydrogen-bond donors (Lipinski definition) is 3. The molecule has 2 aromatic rings. The lowest BCUT2D eigenvalue weighted by Crippen LogP contribution is -3.00. The molecule has 3 nitrogen and oxygen atoms in total. The lowest BCUT2D eigenvalue weighted by molar-refractivity contribution is -0.348. The molecule has 0 amide bonds. The van der Waals surface area contributed by atoms with E-state index in [9.17, 15) is 10.2 Å². The molecule has 17 heavy (non-hydrogen) atoms. The van der Waals surface area contributed by atoms with E-state index in [1.807, 2.05) is 12.1 Å². The first kappa shape index (κ1) is 13.1. The zero-order chi connectivity index (χ0) is 11.4. The number of aromatic hydroxyl groups is 2. The van der Waals surface area contributed by atoms with E-state index in [0.29, 0.717) is 11.3 Å². The lowest BCUT2D eigenvalue weighted by atomic mass is 10.2. The van der Waals surface area contributed by atoms with Gasteiger partial charge in [0.1, 0.15) is 5.75 Å². The summed E-state index contributed by atoms with van der Waals surface area (Å²) in [5.74, 6) is 0.375. The van der Waals surface area contributed by atoms with Crippen LogP contribution in [0.1, 0.15) is 5.56 Å². The lowest BCUT2D eigenvalue weighted by Gasteiger charge is -1.94. The summed E-state index contributed by atoms with van der Waals surface area (Å²) in [4.78, 5) is 2.94. The monoisotopic (exact) mass is 249 g/mol. The normalized spacial score (nSPS) is 10.1. The molecule has 0 saturated heterocycles. The van der Waals surface area contributed by atoms with Crippen LogP contribution in [0.15, 0.2) is 48.5 Å². The first-order valence-electron chi connectivity index (χ1n) is 4.93. The molecule has 0 aromatic heterocycles. The van der Waals surface area contributed by atoms with Gasteiger partial charge in [0.15, 0.2) is 12.0 Å². The molecule has 0 aliphatic carbocycles. The summed E-state index contributed by atoms with van der Waals surface area (Å²) in [6.45, 7) is 0. The number of phenols is 2. The number of hydrogen-bond acceptors (Lipinski definition) is 2. The van der Waals surface area contributed by atoms with Gasteiger partial charge in [-0.2, -0.15) is 0 Å². The molecule has 0 radical (unpaired) electrons. The fraction of sp³-hybridized carbons (Fsp3) is 0. The average Bonchev–Trinajstić information content (AvgIpc) is 2.30. The van der Waals surface area contributed by atoms with Gasteiger partial charge in [-0.05, 0) is 18.2 Å². The molecule has 0 unspecified atom stereocenters. The number of phenolic OH excluding ortho intramolecular Hbond substituents is 2. The van der Waals surface area contributed by atoms with Crippen molar-refractivity contribution in [2.45, 2.75) is 0 Å². The minimum Gasteiger partial charge on any atom is -1.00 e. The second kappa shape index (κ2) is 5.92. The van der Waals surface area contributed by atoms with Crippen LogP contribution < -0.4 is 17.4 Å². The van der Waals surface area contributed by atoms with Crippen molar-refractivity contribution in [3.8, 4) is 11.5 Å². The Kier molecular flexibility index (Phi) is 4.55. The van der Waals surface area contributed by atoms with Crippen molar-refractivity contribution in [3.63, 3.8) is 0 Å². The topological polar surface area (TPSA) is 54.4 Å². The molecular formula is C13H12ClNO2. The van der Waals surface area contributed by atoms with Gasteiger partial charge in [0, 0.05) is 6.07 Å². The Hall–Kier alpha value is -2.00. The third-order valence-electron chi connectivity index (χ3n) is 2.22. The predicted molar refractivity (Wildman–Crippen MR) is 62.0 cm³/mol. The molecule has 0 fully saturated rings. The van der Waals surface area contributed by atoms with E-state index < -0.39 is 0 Å². The van der Waals surface area contributed by atoms with Gasteiger partial charge in [0.2, 0.25) is 5.69 Å². The van der Waals surface area contributed by atoms with E-state index in [2.05, 4.69) is 4.99 Å². The molecule has 2 rings (SSSR count). The average molecular weight is 250 g/mol. The third-order valence-corrected chi connectivity index (χ3v) is 2.22. The molecular weight excluding hydrogens is 238 g/mol. The second-order valence-corrected chi connectivity index (χ2v) is 3.36. The van der Waals surface area contributed by atoms with Gasteiger partial charge < -0.3 is 22.6 Å². The minimum absolute atomic E-state index is 0. The van der Waals surface area contributed by atoms with Crippen LogP contribution in [0, 0.1) is 0 Å². The van der Waals surface area contributed by atoms with Gasteiger partial charge in [0.25, 0.3) is 0 Å². The second-order valence-electron chi connectivity index (χ2n) is 3.36. The summed E-state index contributed by atoms with van der Waals surface area (Å²) >= 11 is 0. The van der Waals surface area contributed by atoms with E-state index in [0.717, 1.165) is 0 Å². The summed E-state index contributed by atoms with van der Waals surface area (Å²) in [6, 6.07) is 13.9. The van der Waals surface area contributed by atoms with Crippen LogP contribution in [0.2, 0.25) is 0 Å². The summed E-state index contributed by atoms with van der Waals surface area (Å²) < 4.78 is 0. The Bertz CT molecular complexity index is 479. The highest BCUT2D eigenvalue weighted by atomic mass is 35.5. The molecule has 0 spiro atoms. The van der Waals surface area contributed by atoms with E-state index in [-0.39, 0.29) is 23.9 Å². The molecule has 0 atom stereocenters. The van der Waals surface area contributed by atoms with Crippen LogP contribution in [-0.2, 0) is 0 Å². The van der Waals surface area contributed by atoms with Gasteiger partial charge >= 0.3 is 0 Å². The zero-order valence-corrected chi connectivity index (χ0v) is 9.72. The quantitative estimate of drug-likeness (QED) is 0.423. The van der Waals surface area contributed by atoms with Gasteiger partial charge in [-0.1, -0.05) is 24.3 Å². The van der Waals surface area contributed by atoms with Crippen LogP contribution in [0.25, 0.3) is 0 Å². The highest BCUT2D eigenvalue weighted by Gasteiger charge is 2.03. The standard InChI is InChI=1S/C13H11NO2.ClH/c15-12-7-3-1-5-10(12)9-14-11-6-2-4-8-13(11)16;/h1-9,15-16H;1H. The van der Waals surface area contributed by atoms with E-state index in [1.165, 1.54) is 0 Å². The molecule has 88 valence electrons. The number of nitrogens with one attached hydrogen (secondary N) is 1. The maximum absolute atomic E-state index is 9.52. The molecule has 2 aromatic carbocycles. The molecule has 4 heteroatoms. The maximum Gasteiger partial charge on any atom is 0.245 e. The highest BCUT2D eigenvalue weighted by molar-refractivity contribution is 5.79. The molecule has 0 heterocycles. The molecule has 0 saturated carbocycles. The van der Waals surface area contributed by atoms with Crippen molar-refractivity contribution in [1.82, 2.24) is 0 Å². The Morgan fingerprint density at radius 2 is 1.41 bits per heavy atom. The van der Waals surface area contributed by atoms with Crippen LogP contribution in [0.4, 0.5) is 5.69 Å². The van der Waals surface area contributed by atoms with Crippen molar-refractivity contribution >= 4 is 11.9 Å². The van der Waals surface area contributed by atoms with Crippen LogP contribution in [0.3, 0.4) is 0 Å². The Labute approximate surface area is 105 Å². The summed E-state index contributed by atoms with van der Waals surface area (Å²) in [7, 11) is 0. The zero-order valence-electron chi connectivity index (χ0n) is 8.97. The van der Waals surface area contributed by atoms with Crippen molar-refractivity contribution in [1.29, 1.82) is 0 Å². The summed E-state index contributed by atoms with van der Waals surface area (Å²) in [5, 5.41) is 19.0. The number of halogens is 1. The van der Waals surface area contributed by atoms with Gasteiger partial charge in [-0.15, -0.1) is 0 Å². The van der Waals surface area contributed by atoms with E-state index in [1.54, 1.807) is 42.6 Å². The van der Waals surface area contributed by atoms with Gasteiger partial charge in [-0.3, -0.25) is 0 Å². The van der Waals surface area contributed by atoms with E-state index in [4.69, 9.17) is 0 Å². The minimum atomic E-state index is 0. The fourth-order valence-electron chi connectivity index (χ4n) is 1.36. The van der Waals surface area contributed by atoms with Crippen LogP contribution in [0.5, 0.6) is 11.5 Å². The predicted octanol–water partition coefficient (Wildman–Crippen LogP) is -2.07. The molecule has 0 bridgehead atoms. The third kappa shape index (κ3) is 3.23. The Balaban J connectivity index is 0.00000144. The van der Waals surface area contributed by atoms with Crippen molar-refractivity contribution in [2.75, 3.05) is 0 Å². The van der Waals surface area contributed by atoms with Crippen LogP contribution >= 0.6 is 0 Å². The fourth-order valence-corrected chi connectivity index (χ4v) is 1.36. The Morgan fingerprint density at radius 3 is 2.06 bits per heavy atom. The Morgan fingerprint density at radius 1 is 0.824 bits per heavy atom. The van der Waals surface area contributed by atoms with Gasteiger partial charge in [-0.25, -0.2) is 4.99 Å².